The van der Waals surface area contributed by atoms with E-state index in [1.54, 1.807) is 11.4 Å². The van der Waals surface area contributed by atoms with Crippen molar-refractivity contribution < 1.29 is 8.42 Å². The van der Waals surface area contributed by atoms with Crippen LogP contribution in [-0.2, 0) is 10.2 Å². The van der Waals surface area contributed by atoms with Crippen LogP contribution in [0.1, 0.15) is 38.4 Å². The van der Waals surface area contributed by atoms with Gasteiger partial charge in [0.15, 0.2) is 5.65 Å². The molecule has 8 heteroatoms. The number of hydrogen-bond donors (Lipinski definition) is 0. The van der Waals surface area contributed by atoms with E-state index in [1.165, 1.54) is 4.31 Å². The zero-order chi connectivity index (χ0) is 16.6. The number of pyridine rings is 1. The van der Waals surface area contributed by atoms with E-state index in [4.69, 9.17) is 0 Å². The third-order valence-corrected chi connectivity index (χ3v) is 6.74. The number of nitrogens with zero attached hydrogens (tertiary/aromatic N) is 5. The first-order chi connectivity index (χ1) is 10.9. The van der Waals surface area contributed by atoms with Gasteiger partial charge >= 0.3 is 0 Å². The summed E-state index contributed by atoms with van der Waals surface area (Å²) in [6.07, 6.45) is 3.49. The summed E-state index contributed by atoms with van der Waals surface area (Å²) in [5.41, 5.74) is 0.831. The van der Waals surface area contributed by atoms with Gasteiger partial charge in [-0.15, -0.1) is 10.2 Å². The molecule has 0 saturated carbocycles. The van der Waals surface area contributed by atoms with Gasteiger partial charge in [0.2, 0.25) is 0 Å². The molecule has 1 saturated heterocycles. The number of hydrogen-bond acceptors (Lipinski definition) is 4. The molecule has 1 aliphatic heterocycles. The molecule has 3 heterocycles. The summed E-state index contributed by atoms with van der Waals surface area (Å²) in [4.78, 5) is 0. The Hall–Kier alpha value is -1.51. The van der Waals surface area contributed by atoms with Gasteiger partial charge in [-0.1, -0.05) is 6.07 Å². The minimum Gasteiger partial charge on any atom is -0.286 e. The molecule has 1 aliphatic rings. The topological polar surface area (TPSA) is 70.8 Å². The molecular formula is C15H23N5O2S. The van der Waals surface area contributed by atoms with Gasteiger partial charge in [-0.3, -0.25) is 4.40 Å². The van der Waals surface area contributed by atoms with Crippen LogP contribution >= 0.6 is 0 Å². The van der Waals surface area contributed by atoms with Crippen LogP contribution in [0.2, 0.25) is 0 Å². The van der Waals surface area contributed by atoms with E-state index in [-0.39, 0.29) is 12.0 Å². The predicted octanol–water partition coefficient (Wildman–Crippen LogP) is 1.49. The van der Waals surface area contributed by atoms with Crippen molar-refractivity contribution in [3.8, 4) is 0 Å². The van der Waals surface area contributed by atoms with Crippen LogP contribution in [0.3, 0.4) is 0 Å². The summed E-state index contributed by atoms with van der Waals surface area (Å²) in [5, 5.41) is 8.49. The maximum Gasteiger partial charge on any atom is 0.281 e. The first-order valence-corrected chi connectivity index (χ1v) is 9.33. The van der Waals surface area contributed by atoms with E-state index in [0.29, 0.717) is 13.1 Å². The fourth-order valence-electron chi connectivity index (χ4n) is 2.93. The predicted molar refractivity (Wildman–Crippen MR) is 88.4 cm³/mol. The average Bonchev–Trinajstić information content (AvgIpc) is 2.98. The normalized spacial score (nSPS) is 18.3. The van der Waals surface area contributed by atoms with Crippen LogP contribution in [0, 0.1) is 0 Å². The summed E-state index contributed by atoms with van der Waals surface area (Å²) < 4.78 is 30.1. The van der Waals surface area contributed by atoms with Crippen molar-refractivity contribution in [3.05, 3.63) is 30.2 Å². The Kier molecular flexibility index (Phi) is 4.39. The Labute approximate surface area is 137 Å². The van der Waals surface area contributed by atoms with Crippen molar-refractivity contribution in [1.82, 2.24) is 23.2 Å². The molecule has 3 rings (SSSR count). The second-order valence-electron chi connectivity index (χ2n) is 6.28. The molecule has 0 spiro atoms. The standard InChI is InChI=1S/C15H23N5O2S/c1-12(2)18(3)23(21,22)19-10-7-13(8-11-19)15-17-16-14-6-4-5-9-20(14)15/h4-6,9,12-13H,7-8,10-11H2,1-3H3. The van der Waals surface area contributed by atoms with Crippen LogP contribution in [-0.4, -0.2) is 57.8 Å². The van der Waals surface area contributed by atoms with Gasteiger partial charge in [0, 0.05) is 38.3 Å². The van der Waals surface area contributed by atoms with Crippen molar-refractivity contribution in [2.75, 3.05) is 20.1 Å². The second kappa shape index (κ2) is 6.18. The van der Waals surface area contributed by atoms with E-state index in [0.717, 1.165) is 24.3 Å². The molecule has 0 atom stereocenters. The van der Waals surface area contributed by atoms with Gasteiger partial charge in [-0.2, -0.15) is 17.0 Å². The highest BCUT2D eigenvalue weighted by atomic mass is 32.2. The monoisotopic (exact) mass is 337 g/mol. The van der Waals surface area contributed by atoms with Gasteiger partial charge < -0.3 is 0 Å². The minimum atomic E-state index is -3.37. The molecule has 7 nitrogen and oxygen atoms in total. The Balaban J connectivity index is 1.74. The van der Waals surface area contributed by atoms with Crippen molar-refractivity contribution in [3.63, 3.8) is 0 Å². The Morgan fingerprint density at radius 2 is 1.91 bits per heavy atom. The molecule has 2 aromatic rings. The van der Waals surface area contributed by atoms with Crippen LogP contribution < -0.4 is 0 Å². The molecule has 0 radical (unpaired) electrons. The lowest BCUT2D eigenvalue weighted by atomic mass is 9.97. The number of rotatable bonds is 4. The number of aromatic nitrogens is 3. The smallest absolute Gasteiger partial charge is 0.281 e. The Bertz CT molecular complexity index is 778. The molecule has 126 valence electrons. The molecule has 0 unspecified atom stereocenters. The van der Waals surface area contributed by atoms with Crippen molar-refractivity contribution in [2.24, 2.45) is 0 Å². The maximum absolute atomic E-state index is 12.6. The molecule has 1 fully saturated rings. The molecule has 0 bridgehead atoms. The van der Waals surface area contributed by atoms with Crippen molar-refractivity contribution >= 4 is 15.9 Å². The third kappa shape index (κ3) is 2.98. The lowest BCUT2D eigenvalue weighted by Crippen LogP contribution is -2.47. The Morgan fingerprint density at radius 3 is 2.57 bits per heavy atom. The summed E-state index contributed by atoms with van der Waals surface area (Å²) in [6.45, 7) is 4.80. The fraction of sp³-hybridized carbons (Fsp3) is 0.600. The zero-order valence-electron chi connectivity index (χ0n) is 13.8. The molecular weight excluding hydrogens is 314 g/mol. The number of fused-ring (bicyclic) bond motifs is 1. The highest BCUT2D eigenvalue weighted by molar-refractivity contribution is 7.86. The minimum absolute atomic E-state index is 0.0434. The van der Waals surface area contributed by atoms with Gasteiger partial charge in [0.05, 0.1) is 0 Å². The number of piperidine rings is 1. The molecule has 23 heavy (non-hydrogen) atoms. The van der Waals surface area contributed by atoms with E-state index >= 15 is 0 Å². The largest absolute Gasteiger partial charge is 0.286 e. The zero-order valence-corrected chi connectivity index (χ0v) is 14.6. The summed E-state index contributed by atoms with van der Waals surface area (Å²) in [7, 11) is -1.74. The molecule has 0 aliphatic carbocycles. The third-order valence-electron chi connectivity index (χ3n) is 4.58. The highest BCUT2D eigenvalue weighted by Crippen LogP contribution is 2.29. The van der Waals surface area contributed by atoms with Crippen molar-refractivity contribution in [2.45, 2.75) is 38.6 Å². The first kappa shape index (κ1) is 16.4. The Morgan fingerprint density at radius 1 is 1.22 bits per heavy atom. The van der Waals surface area contributed by atoms with E-state index in [9.17, 15) is 8.42 Å². The first-order valence-electron chi connectivity index (χ1n) is 7.94. The summed E-state index contributed by atoms with van der Waals surface area (Å²) in [6, 6.07) is 5.77. The van der Waals surface area contributed by atoms with Gasteiger partial charge in [0.1, 0.15) is 5.82 Å². The van der Waals surface area contributed by atoms with Crippen LogP contribution in [0.5, 0.6) is 0 Å². The molecule has 0 amide bonds. The fourth-order valence-corrected chi connectivity index (χ4v) is 4.50. The lowest BCUT2D eigenvalue weighted by Gasteiger charge is -2.34. The van der Waals surface area contributed by atoms with Crippen LogP contribution in [0.15, 0.2) is 24.4 Å². The van der Waals surface area contributed by atoms with E-state index in [2.05, 4.69) is 10.2 Å². The van der Waals surface area contributed by atoms with Crippen LogP contribution in [0.4, 0.5) is 0 Å². The second-order valence-corrected chi connectivity index (χ2v) is 8.27. The highest BCUT2D eigenvalue weighted by Gasteiger charge is 2.33. The quantitative estimate of drug-likeness (QED) is 0.847. The molecule has 2 aromatic heterocycles. The SMILES string of the molecule is CC(C)N(C)S(=O)(=O)N1CCC(c2nnc3ccccn23)CC1. The van der Waals surface area contributed by atoms with Gasteiger partial charge in [-0.25, -0.2) is 0 Å². The molecule has 0 N–H and O–H groups in total. The van der Waals surface area contributed by atoms with E-state index < -0.39 is 10.2 Å². The average molecular weight is 337 g/mol. The van der Waals surface area contributed by atoms with Gasteiger partial charge in [-0.05, 0) is 38.8 Å². The summed E-state index contributed by atoms with van der Waals surface area (Å²) >= 11 is 0. The van der Waals surface area contributed by atoms with Crippen molar-refractivity contribution in [1.29, 1.82) is 0 Å². The summed E-state index contributed by atoms with van der Waals surface area (Å²) in [5.74, 6) is 1.16. The van der Waals surface area contributed by atoms with Crippen LogP contribution in [0.25, 0.3) is 5.65 Å². The molecule has 0 aromatic carbocycles. The van der Waals surface area contributed by atoms with E-state index in [1.807, 2.05) is 42.6 Å². The lowest BCUT2D eigenvalue weighted by molar-refractivity contribution is 0.281. The van der Waals surface area contributed by atoms with Gasteiger partial charge in [0.25, 0.3) is 10.2 Å². The maximum atomic E-state index is 12.6.